The third-order valence-corrected chi connectivity index (χ3v) is 8.05. The fourth-order valence-corrected chi connectivity index (χ4v) is 5.65. The second-order valence-electron chi connectivity index (χ2n) is 8.68. The number of aliphatic carboxylic acids is 1. The standard InChI is InChI=1S/C29H33ClNO10PS/c1-35-21-12-8-13-22(36-2)25(21)40-29(42-43,41-26-23(37-3)14-9-15-24(26)38-4)31(20(16-17-30)27(32)33)28(34)39-18-19-10-6-5-7-11-19/h5-15,20H,16-18,42H2,1-4H3,(H,32,33). The van der Waals surface area contributed by atoms with Gasteiger partial charge in [0.2, 0.25) is 11.5 Å². The fraction of sp³-hybridized carbons (Fsp3) is 0.310. The third kappa shape index (κ3) is 7.95. The Kier molecular flexibility index (Phi) is 12.6. The maximum atomic E-state index is 14.0. The van der Waals surface area contributed by atoms with Crippen LogP contribution in [-0.2, 0) is 27.9 Å². The van der Waals surface area contributed by atoms with Gasteiger partial charge in [0.15, 0.2) is 23.0 Å². The van der Waals surface area contributed by atoms with Crippen molar-refractivity contribution in [3.63, 3.8) is 0 Å². The van der Waals surface area contributed by atoms with Crippen LogP contribution in [0.3, 0.4) is 0 Å². The highest BCUT2D eigenvalue weighted by molar-refractivity contribution is 7.97. The Balaban J connectivity index is 2.31. The number of alkyl halides is 1. The molecule has 0 fully saturated rings. The SMILES string of the molecule is COc1cccc(OC)c1OC(Oc1c(OC)cccc1OC)([PH2]=S)N(C(=O)OCc1ccccc1)C(CCCl)C(=O)O. The van der Waals surface area contributed by atoms with Crippen molar-refractivity contribution in [2.45, 2.75) is 24.7 Å². The number of rotatable bonds is 16. The summed E-state index contributed by atoms with van der Waals surface area (Å²) in [6, 6.07) is 17.0. The van der Waals surface area contributed by atoms with Crippen LogP contribution in [-0.4, -0.2) is 68.1 Å². The summed E-state index contributed by atoms with van der Waals surface area (Å²) in [6.45, 7) is -0.178. The van der Waals surface area contributed by atoms with Gasteiger partial charge in [0, 0.05) is 13.2 Å². The summed E-state index contributed by atoms with van der Waals surface area (Å²) in [7, 11) is 4.11. The maximum absolute atomic E-state index is 14.0. The van der Waals surface area contributed by atoms with Crippen LogP contribution in [0.25, 0.3) is 0 Å². The van der Waals surface area contributed by atoms with E-state index in [1.165, 1.54) is 28.4 Å². The molecule has 1 N–H and O–H groups in total. The molecule has 232 valence electrons. The molecule has 0 bridgehead atoms. The lowest BCUT2D eigenvalue weighted by Crippen LogP contribution is -2.62. The number of halogens is 1. The molecule has 14 heteroatoms. The van der Waals surface area contributed by atoms with E-state index in [9.17, 15) is 14.7 Å². The maximum Gasteiger partial charge on any atom is 0.417 e. The van der Waals surface area contributed by atoms with Gasteiger partial charge in [0.05, 0.1) is 28.4 Å². The molecule has 0 aromatic heterocycles. The molecule has 3 aromatic rings. The molecular weight excluding hydrogens is 621 g/mol. The Labute approximate surface area is 260 Å². The molecule has 0 spiro atoms. The smallest absolute Gasteiger partial charge is 0.417 e. The van der Waals surface area contributed by atoms with Gasteiger partial charge in [-0.2, -0.15) is 0 Å². The molecule has 3 aromatic carbocycles. The number of benzene rings is 3. The first-order valence-electron chi connectivity index (χ1n) is 12.8. The van der Waals surface area contributed by atoms with E-state index in [1.54, 1.807) is 60.7 Å². The first kappa shape index (κ1) is 33.6. The van der Waals surface area contributed by atoms with Gasteiger partial charge in [-0.25, -0.2) is 14.5 Å². The lowest BCUT2D eigenvalue weighted by atomic mass is 10.2. The van der Waals surface area contributed by atoms with E-state index in [1.807, 2.05) is 6.07 Å². The minimum Gasteiger partial charge on any atom is -0.493 e. The Bertz CT molecular complexity index is 1290. The summed E-state index contributed by atoms with van der Waals surface area (Å²) in [5.74, 6) is -0.737. The summed E-state index contributed by atoms with van der Waals surface area (Å²) in [5.41, 5.74) is -1.64. The van der Waals surface area contributed by atoms with Gasteiger partial charge < -0.3 is 38.3 Å². The average molecular weight is 654 g/mol. The van der Waals surface area contributed by atoms with Crippen molar-refractivity contribution in [2.24, 2.45) is 0 Å². The third-order valence-electron chi connectivity index (χ3n) is 6.13. The van der Waals surface area contributed by atoms with Crippen molar-refractivity contribution >= 4 is 42.8 Å². The number of nitrogens with zero attached hydrogens (tertiary/aromatic N) is 1. The van der Waals surface area contributed by atoms with Gasteiger partial charge in [-0.1, -0.05) is 54.3 Å². The zero-order valence-electron chi connectivity index (χ0n) is 24.0. The van der Waals surface area contributed by atoms with Crippen LogP contribution >= 0.6 is 19.0 Å². The number of amides is 1. The number of carboxylic acids is 1. The van der Waals surface area contributed by atoms with Crippen molar-refractivity contribution in [2.75, 3.05) is 34.3 Å². The predicted molar refractivity (Wildman–Crippen MR) is 165 cm³/mol. The van der Waals surface area contributed by atoms with Crippen molar-refractivity contribution in [3.8, 4) is 34.5 Å². The average Bonchev–Trinajstić information content (AvgIpc) is 3.03. The molecule has 2 atom stereocenters. The fourth-order valence-electron chi connectivity index (χ4n) is 4.08. The number of carbonyl (C=O) groups is 2. The number of para-hydroxylation sites is 2. The van der Waals surface area contributed by atoms with E-state index in [-0.39, 0.29) is 53.4 Å². The first-order chi connectivity index (χ1) is 20.8. The lowest BCUT2D eigenvalue weighted by Gasteiger charge is -2.42. The second kappa shape index (κ2) is 16.1. The number of methoxy groups -OCH3 is 4. The van der Waals surface area contributed by atoms with Crippen LogP contribution < -0.4 is 28.4 Å². The van der Waals surface area contributed by atoms with Gasteiger partial charge in [-0.05, 0) is 36.2 Å². The zero-order valence-corrected chi connectivity index (χ0v) is 26.7. The highest BCUT2D eigenvalue weighted by atomic mass is 35.5. The first-order valence-corrected chi connectivity index (χ1v) is 15.8. The van der Waals surface area contributed by atoms with E-state index in [0.29, 0.717) is 5.56 Å². The van der Waals surface area contributed by atoms with E-state index in [2.05, 4.69) is 0 Å². The number of carboxylic acid groups (broad SMARTS) is 1. The molecule has 43 heavy (non-hydrogen) atoms. The molecule has 0 aliphatic rings. The van der Waals surface area contributed by atoms with Gasteiger partial charge in [0.1, 0.15) is 12.6 Å². The highest BCUT2D eigenvalue weighted by Crippen LogP contribution is 2.48. The quantitative estimate of drug-likeness (QED) is 0.122. The van der Waals surface area contributed by atoms with Gasteiger partial charge in [-0.3, -0.25) is 0 Å². The van der Waals surface area contributed by atoms with Crippen LogP contribution in [0.2, 0.25) is 0 Å². The molecule has 3 rings (SSSR count). The van der Waals surface area contributed by atoms with E-state index >= 15 is 0 Å². The van der Waals surface area contributed by atoms with Crippen LogP contribution in [0.1, 0.15) is 12.0 Å². The summed E-state index contributed by atoms with van der Waals surface area (Å²) in [6.07, 6.45) is -1.28. The van der Waals surface area contributed by atoms with Crippen molar-refractivity contribution < 1.29 is 47.9 Å². The highest BCUT2D eigenvalue weighted by Gasteiger charge is 2.51. The minimum atomic E-state index is -2.30. The van der Waals surface area contributed by atoms with Crippen molar-refractivity contribution in [1.29, 1.82) is 0 Å². The van der Waals surface area contributed by atoms with E-state index in [0.717, 1.165) is 4.90 Å². The van der Waals surface area contributed by atoms with Crippen LogP contribution in [0.15, 0.2) is 66.7 Å². The van der Waals surface area contributed by atoms with Crippen LogP contribution in [0.5, 0.6) is 34.5 Å². The molecule has 2 unspecified atom stereocenters. The van der Waals surface area contributed by atoms with Crippen molar-refractivity contribution in [3.05, 3.63) is 72.3 Å². The number of hydrogen-bond donors (Lipinski definition) is 1. The molecule has 0 aliphatic heterocycles. The summed E-state index contributed by atoms with van der Waals surface area (Å²) < 4.78 is 40.6. The monoisotopic (exact) mass is 653 g/mol. The summed E-state index contributed by atoms with van der Waals surface area (Å²) in [5, 5.41) is 10.4. The Morgan fingerprint density at radius 2 is 1.30 bits per heavy atom. The topological polar surface area (TPSA) is 122 Å². The number of ether oxygens (including phenoxy) is 7. The molecule has 11 nitrogen and oxygen atoms in total. The molecule has 0 heterocycles. The number of hydrogen-bond acceptors (Lipinski definition) is 10. The lowest BCUT2D eigenvalue weighted by molar-refractivity contribution is -0.174. The Hall–Kier alpha value is -3.86. The van der Waals surface area contributed by atoms with Crippen LogP contribution in [0, 0.1) is 0 Å². The molecule has 1 amide bonds. The van der Waals surface area contributed by atoms with E-state index in [4.69, 9.17) is 56.6 Å². The molecular formula is C29H33ClNO10PS. The Morgan fingerprint density at radius 1 is 0.837 bits per heavy atom. The normalized spacial score (nSPS) is 11.8. The molecule has 0 aliphatic carbocycles. The van der Waals surface area contributed by atoms with Gasteiger partial charge >= 0.3 is 17.7 Å². The van der Waals surface area contributed by atoms with E-state index < -0.39 is 31.1 Å². The zero-order chi connectivity index (χ0) is 31.4. The second-order valence-corrected chi connectivity index (χ2v) is 10.7. The van der Waals surface area contributed by atoms with Crippen LogP contribution in [0.4, 0.5) is 4.79 Å². The summed E-state index contributed by atoms with van der Waals surface area (Å²) >= 11 is 11.7. The molecule has 0 saturated heterocycles. The van der Waals surface area contributed by atoms with Gasteiger partial charge in [0.25, 0.3) is 0 Å². The number of carbonyl (C=O) groups excluding carboxylic acids is 1. The largest absolute Gasteiger partial charge is 0.493 e. The predicted octanol–water partition coefficient (Wildman–Crippen LogP) is 5.38. The summed E-state index contributed by atoms with van der Waals surface area (Å²) in [4.78, 5) is 27.6. The molecule has 0 radical (unpaired) electrons. The van der Waals surface area contributed by atoms with Gasteiger partial charge in [-0.15, -0.1) is 11.6 Å². The molecule has 0 saturated carbocycles. The Morgan fingerprint density at radius 3 is 1.67 bits per heavy atom. The minimum absolute atomic E-state index is 0.00501. The van der Waals surface area contributed by atoms with Crippen molar-refractivity contribution in [1.82, 2.24) is 4.90 Å².